The molecule has 0 unspecified atom stereocenters. The van der Waals surface area contributed by atoms with Gasteiger partial charge in [0.05, 0.1) is 16.6 Å². The maximum Gasteiger partial charge on any atom is 0.311 e. The van der Waals surface area contributed by atoms with E-state index in [9.17, 15) is 10.1 Å². The molecule has 0 fully saturated rings. The molecule has 0 atom stereocenters. The molecular weight excluding hydrogens is 268 g/mol. The minimum atomic E-state index is -0.436. The molecule has 0 spiro atoms. The van der Waals surface area contributed by atoms with Gasteiger partial charge in [-0.25, -0.2) is 0 Å². The van der Waals surface area contributed by atoms with Crippen molar-refractivity contribution in [1.29, 1.82) is 5.26 Å². The lowest BCUT2D eigenvalue weighted by molar-refractivity contribution is -0.386. The van der Waals surface area contributed by atoms with Gasteiger partial charge in [0.15, 0.2) is 5.75 Å². The Labute approximate surface area is 122 Å². The van der Waals surface area contributed by atoms with Gasteiger partial charge in [-0.15, -0.1) is 0 Å². The molecule has 0 aliphatic carbocycles. The summed E-state index contributed by atoms with van der Waals surface area (Å²) in [7, 11) is 0. The topological polar surface area (TPSA) is 76.2 Å². The number of nitro benzene ring substituents is 1. The van der Waals surface area contributed by atoms with E-state index >= 15 is 0 Å². The summed E-state index contributed by atoms with van der Waals surface area (Å²) in [5, 5.41) is 19.9. The predicted molar refractivity (Wildman–Crippen MR) is 78.1 cm³/mol. The first kappa shape index (κ1) is 14.5. The van der Waals surface area contributed by atoms with Gasteiger partial charge in [-0.1, -0.05) is 18.2 Å². The van der Waals surface area contributed by atoms with Gasteiger partial charge in [0.2, 0.25) is 0 Å². The summed E-state index contributed by atoms with van der Waals surface area (Å²) in [4.78, 5) is 10.7. The number of ether oxygens (including phenoxy) is 1. The molecule has 0 aliphatic heterocycles. The van der Waals surface area contributed by atoms with Gasteiger partial charge < -0.3 is 4.74 Å². The third-order valence-corrected chi connectivity index (χ3v) is 3.06. The Hall–Kier alpha value is -2.87. The van der Waals surface area contributed by atoms with Crippen molar-refractivity contribution in [2.24, 2.45) is 0 Å². The molecular formula is C16H14N2O3. The van der Waals surface area contributed by atoms with E-state index in [2.05, 4.69) is 0 Å². The van der Waals surface area contributed by atoms with Crippen LogP contribution in [0.4, 0.5) is 5.69 Å². The predicted octanol–water partition coefficient (Wildman–Crippen LogP) is 3.66. The van der Waals surface area contributed by atoms with Gasteiger partial charge in [0.25, 0.3) is 0 Å². The fraction of sp³-hybridized carbons (Fsp3) is 0.188. The van der Waals surface area contributed by atoms with Gasteiger partial charge in [-0.3, -0.25) is 10.1 Å². The number of benzene rings is 2. The van der Waals surface area contributed by atoms with E-state index in [-0.39, 0.29) is 18.0 Å². The number of nitriles is 1. The van der Waals surface area contributed by atoms with Crippen molar-refractivity contribution in [3.8, 4) is 11.8 Å². The van der Waals surface area contributed by atoms with Crippen LogP contribution in [-0.4, -0.2) is 4.92 Å². The smallest absolute Gasteiger partial charge is 0.311 e. The Balaban J connectivity index is 2.23. The van der Waals surface area contributed by atoms with Crippen LogP contribution in [0.5, 0.6) is 5.75 Å². The van der Waals surface area contributed by atoms with Crippen molar-refractivity contribution in [2.75, 3.05) is 0 Å². The second kappa shape index (κ2) is 6.06. The minimum Gasteiger partial charge on any atom is -0.482 e. The summed E-state index contributed by atoms with van der Waals surface area (Å²) in [6.07, 6.45) is 0. The molecule has 21 heavy (non-hydrogen) atoms. The molecule has 0 saturated carbocycles. The molecule has 2 aromatic carbocycles. The molecule has 2 aromatic rings. The van der Waals surface area contributed by atoms with Crippen LogP contribution in [0, 0.1) is 35.3 Å². The van der Waals surface area contributed by atoms with Gasteiger partial charge in [-0.2, -0.15) is 5.26 Å². The molecule has 2 rings (SSSR count). The number of aryl methyl sites for hydroxylation is 2. The first-order chi connectivity index (χ1) is 10.0. The van der Waals surface area contributed by atoms with Crippen LogP contribution >= 0.6 is 0 Å². The third kappa shape index (κ3) is 3.37. The quantitative estimate of drug-likeness (QED) is 0.633. The number of hydrogen-bond acceptors (Lipinski definition) is 4. The van der Waals surface area contributed by atoms with Crippen LogP contribution in [-0.2, 0) is 6.61 Å². The van der Waals surface area contributed by atoms with Gasteiger partial charge in [0, 0.05) is 6.07 Å². The monoisotopic (exact) mass is 282 g/mol. The molecule has 0 saturated heterocycles. The van der Waals surface area contributed by atoms with E-state index in [4.69, 9.17) is 10.00 Å². The molecule has 0 amide bonds. The van der Waals surface area contributed by atoms with Crippen LogP contribution in [0.1, 0.15) is 22.3 Å². The van der Waals surface area contributed by atoms with E-state index in [1.54, 1.807) is 31.2 Å². The molecule has 0 aliphatic rings. The zero-order valence-electron chi connectivity index (χ0n) is 11.8. The summed E-state index contributed by atoms with van der Waals surface area (Å²) in [5.41, 5.74) is 2.95. The first-order valence-corrected chi connectivity index (χ1v) is 6.38. The highest BCUT2D eigenvalue weighted by Crippen LogP contribution is 2.32. The second-order valence-corrected chi connectivity index (χ2v) is 4.78. The van der Waals surface area contributed by atoms with Crippen LogP contribution in [0.15, 0.2) is 36.4 Å². The lowest BCUT2D eigenvalue weighted by Gasteiger charge is -2.10. The highest BCUT2D eigenvalue weighted by atomic mass is 16.6. The summed E-state index contributed by atoms with van der Waals surface area (Å²) < 4.78 is 5.62. The molecule has 5 nitrogen and oxygen atoms in total. The zero-order valence-corrected chi connectivity index (χ0v) is 11.8. The van der Waals surface area contributed by atoms with Crippen molar-refractivity contribution < 1.29 is 9.66 Å². The largest absolute Gasteiger partial charge is 0.482 e. The second-order valence-electron chi connectivity index (χ2n) is 4.78. The standard InChI is InChI=1S/C16H14N2O3/c1-11-7-12(2)16(15(8-11)18(19)20)21-10-14-5-3-13(9-17)4-6-14/h3-8H,10H2,1-2H3. The minimum absolute atomic E-state index is 0.0267. The van der Waals surface area contributed by atoms with E-state index in [0.29, 0.717) is 5.56 Å². The molecule has 0 bridgehead atoms. The molecule has 0 radical (unpaired) electrons. The number of nitro groups is 1. The van der Waals surface area contributed by atoms with Crippen molar-refractivity contribution in [3.05, 3.63) is 68.8 Å². The summed E-state index contributed by atoms with van der Waals surface area (Å²) >= 11 is 0. The third-order valence-electron chi connectivity index (χ3n) is 3.06. The Morgan fingerprint density at radius 1 is 1.24 bits per heavy atom. The van der Waals surface area contributed by atoms with Crippen molar-refractivity contribution in [3.63, 3.8) is 0 Å². The van der Waals surface area contributed by atoms with E-state index in [1.165, 1.54) is 6.07 Å². The van der Waals surface area contributed by atoms with Crippen LogP contribution in [0.3, 0.4) is 0 Å². The van der Waals surface area contributed by atoms with E-state index in [0.717, 1.165) is 16.7 Å². The van der Waals surface area contributed by atoms with Crippen LogP contribution in [0.25, 0.3) is 0 Å². The number of rotatable bonds is 4. The molecule has 0 heterocycles. The normalized spacial score (nSPS) is 9.95. The summed E-state index contributed by atoms with van der Waals surface area (Å²) in [6.45, 7) is 3.81. The fourth-order valence-corrected chi connectivity index (χ4v) is 2.09. The Bertz CT molecular complexity index is 716. The van der Waals surface area contributed by atoms with Crippen molar-refractivity contribution >= 4 is 5.69 Å². The number of hydrogen-bond donors (Lipinski definition) is 0. The SMILES string of the molecule is Cc1cc(C)c(OCc2ccc(C#N)cc2)c([N+](=O)[O-])c1. The summed E-state index contributed by atoms with van der Waals surface area (Å²) in [5.74, 6) is 0.287. The van der Waals surface area contributed by atoms with Gasteiger partial charge >= 0.3 is 5.69 Å². The zero-order chi connectivity index (χ0) is 15.4. The van der Waals surface area contributed by atoms with E-state index < -0.39 is 4.92 Å². The number of nitrogens with zero attached hydrogens (tertiary/aromatic N) is 2. The molecule has 106 valence electrons. The van der Waals surface area contributed by atoms with Crippen LogP contribution < -0.4 is 4.74 Å². The van der Waals surface area contributed by atoms with Crippen molar-refractivity contribution in [1.82, 2.24) is 0 Å². The molecule has 0 aromatic heterocycles. The maximum atomic E-state index is 11.1. The summed E-state index contributed by atoms with van der Waals surface area (Å²) in [6, 6.07) is 12.3. The first-order valence-electron chi connectivity index (χ1n) is 6.38. The Kier molecular flexibility index (Phi) is 4.19. The average molecular weight is 282 g/mol. The maximum absolute atomic E-state index is 11.1. The lowest BCUT2D eigenvalue weighted by Crippen LogP contribution is -2.01. The lowest BCUT2D eigenvalue weighted by atomic mass is 10.1. The van der Waals surface area contributed by atoms with Crippen molar-refractivity contribution in [2.45, 2.75) is 20.5 Å². The average Bonchev–Trinajstić information content (AvgIpc) is 2.46. The highest BCUT2D eigenvalue weighted by Gasteiger charge is 2.18. The van der Waals surface area contributed by atoms with Gasteiger partial charge in [-0.05, 0) is 42.7 Å². The van der Waals surface area contributed by atoms with Crippen LogP contribution in [0.2, 0.25) is 0 Å². The highest BCUT2D eigenvalue weighted by molar-refractivity contribution is 5.53. The van der Waals surface area contributed by atoms with E-state index in [1.807, 2.05) is 19.1 Å². The Morgan fingerprint density at radius 3 is 2.48 bits per heavy atom. The van der Waals surface area contributed by atoms with Gasteiger partial charge in [0.1, 0.15) is 6.61 Å². The molecule has 0 N–H and O–H groups in total. The molecule has 5 heteroatoms. The fourth-order valence-electron chi connectivity index (χ4n) is 2.09. The Morgan fingerprint density at radius 2 is 1.90 bits per heavy atom.